The minimum Gasteiger partial charge on any atom is -0.456 e. The molecule has 2 heteroatoms. The van der Waals surface area contributed by atoms with Gasteiger partial charge in [0.25, 0.3) is 0 Å². The molecule has 0 fully saturated rings. The summed E-state index contributed by atoms with van der Waals surface area (Å²) in [7, 11) is 0. The van der Waals surface area contributed by atoms with Gasteiger partial charge in [0, 0.05) is 27.5 Å². The van der Waals surface area contributed by atoms with Crippen molar-refractivity contribution in [1.82, 2.24) is 0 Å². The predicted octanol–water partition coefficient (Wildman–Crippen LogP) is 18.3. The highest BCUT2D eigenvalue weighted by molar-refractivity contribution is 6.15. The topological polar surface area (TPSA) is 16.4 Å². The SMILES string of the molecule is c1ccc2c(-c3ccc(-c4cc(-c5ccc(N(c6ccc(-c7ccc8c(c7)oc7ccccc78)cc6)c6cc7ccccc7c7ccccc67)cc5)c5ccccc5c4)cc3)cccc2c1. The van der Waals surface area contributed by atoms with Gasteiger partial charge in [0.2, 0.25) is 0 Å². The van der Waals surface area contributed by atoms with Gasteiger partial charge in [-0.2, -0.15) is 0 Å². The maximum atomic E-state index is 6.29. The molecule has 0 aliphatic rings. The molecular formula is C64H41NO. The number of para-hydroxylation sites is 1. The highest BCUT2D eigenvalue weighted by Gasteiger charge is 2.19. The van der Waals surface area contributed by atoms with E-state index in [0.717, 1.165) is 50.1 Å². The minimum atomic E-state index is 0.898. The smallest absolute Gasteiger partial charge is 0.136 e. The average Bonchev–Trinajstić information content (AvgIpc) is 3.77. The average molecular weight is 840 g/mol. The third kappa shape index (κ3) is 6.42. The zero-order valence-corrected chi connectivity index (χ0v) is 36.0. The summed E-state index contributed by atoms with van der Waals surface area (Å²) in [5, 5.41) is 12.1. The Kier molecular flexibility index (Phi) is 8.89. The quantitative estimate of drug-likeness (QED) is 0.149. The summed E-state index contributed by atoms with van der Waals surface area (Å²) in [5.74, 6) is 0. The van der Waals surface area contributed by atoms with Crippen molar-refractivity contribution in [1.29, 1.82) is 0 Å². The molecule has 0 unspecified atom stereocenters. The maximum absolute atomic E-state index is 6.29. The zero-order valence-electron chi connectivity index (χ0n) is 36.0. The van der Waals surface area contributed by atoms with Crippen LogP contribution in [0.3, 0.4) is 0 Å². The van der Waals surface area contributed by atoms with E-state index in [1.807, 2.05) is 12.1 Å². The summed E-state index contributed by atoms with van der Waals surface area (Å²) < 4.78 is 6.29. The number of nitrogens with zero attached hydrogens (tertiary/aromatic N) is 1. The molecule has 2 nitrogen and oxygen atoms in total. The van der Waals surface area contributed by atoms with Gasteiger partial charge in [0.1, 0.15) is 11.2 Å². The van der Waals surface area contributed by atoms with Crippen molar-refractivity contribution in [3.05, 3.63) is 249 Å². The lowest BCUT2D eigenvalue weighted by Gasteiger charge is -2.28. The molecule has 0 N–H and O–H groups in total. The van der Waals surface area contributed by atoms with Gasteiger partial charge >= 0.3 is 0 Å². The Hall–Kier alpha value is -8.72. The number of rotatable bonds is 7. The van der Waals surface area contributed by atoms with E-state index in [1.165, 1.54) is 76.5 Å². The van der Waals surface area contributed by atoms with E-state index in [2.05, 4.69) is 241 Å². The number of fused-ring (bicyclic) bond motifs is 8. The maximum Gasteiger partial charge on any atom is 0.136 e. The summed E-state index contributed by atoms with van der Waals surface area (Å²) in [6.07, 6.45) is 0. The van der Waals surface area contributed by atoms with Crippen molar-refractivity contribution in [2.24, 2.45) is 0 Å². The molecule has 0 aliphatic heterocycles. The first-order valence-corrected chi connectivity index (χ1v) is 22.6. The van der Waals surface area contributed by atoms with Gasteiger partial charge in [-0.15, -0.1) is 0 Å². The molecular weight excluding hydrogens is 799 g/mol. The molecule has 0 saturated heterocycles. The molecule has 1 aromatic heterocycles. The van der Waals surface area contributed by atoms with Gasteiger partial charge in [-0.05, 0) is 143 Å². The largest absolute Gasteiger partial charge is 0.456 e. The fourth-order valence-corrected chi connectivity index (χ4v) is 10.2. The first kappa shape index (κ1) is 37.8. The molecule has 0 aliphatic carbocycles. The lowest BCUT2D eigenvalue weighted by atomic mass is 9.91. The van der Waals surface area contributed by atoms with Crippen LogP contribution in [0.1, 0.15) is 0 Å². The minimum absolute atomic E-state index is 0.898. The number of hydrogen-bond donors (Lipinski definition) is 0. The molecule has 1 heterocycles. The molecule has 0 bridgehead atoms. The summed E-state index contributed by atoms with van der Waals surface area (Å²) in [6.45, 7) is 0. The van der Waals surface area contributed by atoms with Crippen LogP contribution in [0.2, 0.25) is 0 Å². The molecule has 308 valence electrons. The van der Waals surface area contributed by atoms with Crippen LogP contribution < -0.4 is 4.90 Å². The van der Waals surface area contributed by atoms with Gasteiger partial charge in [0.15, 0.2) is 0 Å². The van der Waals surface area contributed by atoms with Crippen molar-refractivity contribution in [3.63, 3.8) is 0 Å². The van der Waals surface area contributed by atoms with Crippen LogP contribution in [0.4, 0.5) is 17.1 Å². The highest BCUT2D eigenvalue weighted by Crippen LogP contribution is 2.44. The van der Waals surface area contributed by atoms with Crippen molar-refractivity contribution in [2.75, 3.05) is 4.90 Å². The second kappa shape index (κ2) is 15.5. The molecule has 13 rings (SSSR count). The van der Waals surface area contributed by atoms with Gasteiger partial charge in [-0.25, -0.2) is 0 Å². The lowest BCUT2D eigenvalue weighted by molar-refractivity contribution is 0.669. The molecule has 13 aromatic rings. The summed E-state index contributed by atoms with van der Waals surface area (Å²) in [6, 6.07) is 90.4. The van der Waals surface area contributed by atoms with Crippen LogP contribution in [0.15, 0.2) is 253 Å². The Bertz CT molecular complexity index is 3970. The van der Waals surface area contributed by atoms with E-state index in [0.29, 0.717) is 0 Å². The lowest BCUT2D eigenvalue weighted by Crippen LogP contribution is -2.10. The van der Waals surface area contributed by atoms with Crippen molar-refractivity contribution in [2.45, 2.75) is 0 Å². The monoisotopic (exact) mass is 839 g/mol. The molecule has 0 saturated carbocycles. The Morgan fingerprint density at radius 1 is 0.242 bits per heavy atom. The zero-order chi connectivity index (χ0) is 43.6. The fourth-order valence-electron chi connectivity index (χ4n) is 10.2. The predicted molar refractivity (Wildman–Crippen MR) is 280 cm³/mol. The van der Waals surface area contributed by atoms with E-state index in [-0.39, 0.29) is 0 Å². The second-order valence-electron chi connectivity index (χ2n) is 17.2. The third-order valence-electron chi connectivity index (χ3n) is 13.4. The first-order chi connectivity index (χ1) is 32.7. The van der Waals surface area contributed by atoms with Crippen LogP contribution in [0.25, 0.3) is 110 Å². The summed E-state index contributed by atoms with van der Waals surface area (Å²) >= 11 is 0. The molecule has 0 radical (unpaired) electrons. The number of benzene rings is 12. The van der Waals surface area contributed by atoms with E-state index in [1.54, 1.807) is 0 Å². The third-order valence-corrected chi connectivity index (χ3v) is 13.4. The number of hydrogen-bond acceptors (Lipinski definition) is 2. The van der Waals surface area contributed by atoms with E-state index >= 15 is 0 Å². The summed E-state index contributed by atoms with van der Waals surface area (Å²) in [4.78, 5) is 2.41. The van der Waals surface area contributed by atoms with E-state index in [4.69, 9.17) is 4.42 Å². The number of furan rings is 1. The van der Waals surface area contributed by atoms with Crippen molar-refractivity contribution < 1.29 is 4.42 Å². The van der Waals surface area contributed by atoms with Crippen molar-refractivity contribution >= 4 is 82.1 Å². The van der Waals surface area contributed by atoms with Crippen LogP contribution in [-0.2, 0) is 0 Å². The Labute approximate surface area is 382 Å². The van der Waals surface area contributed by atoms with E-state index < -0.39 is 0 Å². The Morgan fingerprint density at radius 3 is 1.47 bits per heavy atom. The molecule has 0 atom stereocenters. The van der Waals surface area contributed by atoms with Gasteiger partial charge < -0.3 is 9.32 Å². The summed E-state index contributed by atoms with van der Waals surface area (Å²) in [5.41, 5.74) is 14.6. The van der Waals surface area contributed by atoms with Gasteiger partial charge in [-0.1, -0.05) is 188 Å². The first-order valence-electron chi connectivity index (χ1n) is 22.6. The second-order valence-corrected chi connectivity index (χ2v) is 17.2. The van der Waals surface area contributed by atoms with Gasteiger partial charge in [-0.3, -0.25) is 0 Å². The molecule has 0 spiro atoms. The normalized spacial score (nSPS) is 11.6. The van der Waals surface area contributed by atoms with Crippen LogP contribution in [0.5, 0.6) is 0 Å². The van der Waals surface area contributed by atoms with Crippen LogP contribution in [0, 0.1) is 0 Å². The van der Waals surface area contributed by atoms with Crippen molar-refractivity contribution in [3.8, 4) is 44.5 Å². The molecule has 0 amide bonds. The number of anilines is 3. The fraction of sp³-hybridized carbons (Fsp3) is 0. The van der Waals surface area contributed by atoms with E-state index in [9.17, 15) is 0 Å². The molecule has 66 heavy (non-hydrogen) atoms. The van der Waals surface area contributed by atoms with Crippen LogP contribution >= 0.6 is 0 Å². The van der Waals surface area contributed by atoms with Gasteiger partial charge in [0.05, 0.1) is 5.69 Å². The Morgan fingerprint density at radius 2 is 0.727 bits per heavy atom. The highest BCUT2D eigenvalue weighted by atomic mass is 16.3. The molecule has 12 aromatic carbocycles. The van der Waals surface area contributed by atoms with Crippen LogP contribution in [-0.4, -0.2) is 0 Å². The standard InChI is InChI=1S/C64H41NO/c1-4-16-53-44(12-1)15-11-22-54(53)45-26-24-43(25-27-45)50-38-48-13-2-6-18-56(48)61(39-50)46-30-35-52(36-31-46)65(62-40-49-14-3-5-17-55(49)57-19-7-8-20-58(57)62)51-33-28-42(29-34-51)47-32-37-60-59-21-9-10-23-63(59)66-64(60)41-47/h1-41H. The Balaban J connectivity index is 0.907.